The standard InChI is InChI=1S/C11H17N7OS/c1-3-4-19-11-16-9(15-10(17-11)18-12)13-5-8-14-7(2)6-20-8/h6H,3-5,12H2,1-2H3,(H2,13,15,16,17,18). The summed E-state index contributed by atoms with van der Waals surface area (Å²) in [7, 11) is 0. The van der Waals surface area contributed by atoms with E-state index in [1.807, 2.05) is 19.2 Å². The SMILES string of the molecule is CCCOc1nc(NN)nc(NCc2nc(C)cs2)n1. The van der Waals surface area contributed by atoms with Gasteiger partial charge in [0.05, 0.1) is 13.2 Å². The molecule has 20 heavy (non-hydrogen) atoms. The molecule has 0 saturated carbocycles. The molecule has 0 aromatic carbocycles. The molecule has 0 aliphatic carbocycles. The Morgan fingerprint density at radius 3 is 2.70 bits per heavy atom. The smallest absolute Gasteiger partial charge is 0.323 e. The fourth-order valence-corrected chi connectivity index (χ4v) is 2.11. The van der Waals surface area contributed by atoms with Gasteiger partial charge in [0.15, 0.2) is 0 Å². The van der Waals surface area contributed by atoms with E-state index in [2.05, 4.69) is 30.7 Å². The van der Waals surface area contributed by atoms with Crippen molar-refractivity contribution in [2.45, 2.75) is 26.8 Å². The zero-order valence-electron chi connectivity index (χ0n) is 11.4. The topological polar surface area (TPSA) is 111 Å². The summed E-state index contributed by atoms with van der Waals surface area (Å²) in [5.74, 6) is 5.98. The number of anilines is 2. The third kappa shape index (κ3) is 4.00. The maximum absolute atomic E-state index is 5.38. The van der Waals surface area contributed by atoms with Gasteiger partial charge in [-0.2, -0.15) is 15.0 Å². The van der Waals surface area contributed by atoms with Crippen LogP contribution in [-0.2, 0) is 6.54 Å². The van der Waals surface area contributed by atoms with E-state index in [9.17, 15) is 0 Å². The Kier molecular flexibility index (Phi) is 5.02. The molecule has 0 spiro atoms. The van der Waals surface area contributed by atoms with Crippen LogP contribution in [-0.4, -0.2) is 26.5 Å². The molecule has 2 aromatic heterocycles. The molecule has 0 aliphatic rings. The monoisotopic (exact) mass is 295 g/mol. The molecule has 0 bridgehead atoms. The van der Waals surface area contributed by atoms with E-state index in [0.717, 1.165) is 17.1 Å². The Labute approximate surface area is 120 Å². The van der Waals surface area contributed by atoms with E-state index in [1.54, 1.807) is 11.3 Å². The Balaban J connectivity index is 2.05. The lowest BCUT2D eigenvalue weighted by Crippen LogP contribution is -2.14. The number of ether oxygens (including phenoxy) is 1. The van der Waals surface area contributed by atoms with Crippen LogP contribution in [0.5, 0.6) is 6.01 Å². The van der Waals surface area contributed by atoms with Crippen molar-refractivity contribution in [1.29, 1.82) is 0 Å². The number of rotatable bonds is 7. The largest absolute Gasteiger partial charge is 0.463 e. The third-order valence-electron chi connectivity index (χ3n) is 2.24. The molecule has 108 valence electrons. The highest BCUT2D eigenvalue weighted by atomic mass is 32.1. The number of nitrogens with zero attached hydrogens (tertiary/aromatic N) is 4. The maximum Gasteiger partial charge on any atom is 0.323 e. The van der Waals surface area contributed by atoms with Crippen LogP contribution < -0.4 is 21.3 Å². The van der Waals surface area contributed by atoms with Crippen LogP contribution in [0.3, 0.4) is 0 Å². The molecule has 2 aromatic rings. The summed E-state index contributed by atoms with van der Waals surface area (Å²) in [6.07, 6.45) is 0.873. The van der Waals surface area contributed by atoms with Gasteiger partial charge in [-0.3, -0.25) is 5.43 Å². The predicted octanol–water partition coefficient (Wildman–Crippen LogP) is 1.32. The molecule has 4 N–H and O–H groups in total. The zero-order valence-corrected chi connectivity index (χ0v) is 12.2. The Morgan fingerprint density at radius 2 is 2.05 bits per heavy atom. The minimum Gasteiger partial charge on any atom is -0.463 e. The summed E-state index contributed by atoms with van der Waals surface area (Å²) in [4.78, 5) is 16.6. The first kappa shape index (κ1) is 14.4. The second-order valence-corrected chi connectivity index (χ2v) is 4.94. The minimum atomic E-state index is 0.243. The van der Waals surface area contributed by atoms with Gasteiger partial charge in [0.2, 0.25) is 11.9 Å². The van der Waals surface area contributed by atoms with Gasteiger partial charge in [0.25, 0.3) is 0 Å². The van der Waals surface area contributed by atoms with Crippen molar-refractivity contribution in [3.63, 3.8) is 0 Å². The molecule has 0 fully saturated rings. The average molecular weight is 295 g/mol. The van der Waals surface area contributed by atoms with Gasteiger partial charge in [0.1, 0.15) is 5.01 Å². The van der Waals surface area contributed by atoms with E-state index in [4.69, 9.17) is 10.6 Å². The van der Waals surface area contributed by atoms with Crippen molar-refractivity contribution >= 4 is 23.2 Å². The number of hydrogen-bond acceptors (Lipinski definition) is 9. The quantitative estimate of drug-likeness (QED) is 0.518. The van der Waals surface area contributed by atoms with Crippen LogP contribution >= 0.6 is 11.3 Å². The normalized spacial score (nSPS) is 10.3. The molecule has 0 radical (unpaired) electrons. The molecule has 0 unspecified atom stereocenters. The number of nitrogen functional groups attached to an aromatic ring is 1. The van der Waals surface area contributed by atoms with Crippen LogP contribution in [0.4, 0.5) is 11.9 Å². The summed E-state index contributed by atoms with van der Waals surface area (Å²) < 4.78 is 5.38. The highest BCUT2D eigenvalue weighted by molar-refractivity contribution is 7.09. The number of hydrogen-bond donors (Lipinski definition) is 3. The van der Waals surface area contributed by atoms with Crippen LogP contribution in [0, 0.1) is 6.92 Å². The molecular formula is C11H17N7OS. The highest BCUT2D eigenvalue weighted by Crippen LogP contribution is 2.13. The number of hydrazine groups is 1. The maximum atomic E-state index is 5.38. The molecule has 8 nitrogen and oxygen atoms in total. The fourth-order valence-electron chi connectivity index (χ4n) is 1.40. The lowest BCUT2D eigenvalue weighted by Gasteiger charge is -2.08. The van der Waals surface area contributed by atoms with Crippen LogP contribution in [0.15, 0.2) is 5.38 Å². The number of aromatic nitrogens is 4. The molecular weight excluding hydrogens is 278 g/mol. The van der Waals surface area contributed by atoms with E-state index in [1.165, 1.54) is 0 Å². The van der Waals surface area contributed by atoms with E-state index >= 15 is 0 Å². The predicted molar refractivity (Wildman–Crippen MR) is 77.6 cm³/mol. The van der Waals surface area contributed by atoms with Crippen molar-refractivity contribution < 1.29 is 4.74 Å². The minimum absolute atomic E-state index is 0.243. The Morgan fingerprint density at radius 1 is 1.25 bits per heavy atom. The van der Waals surface area contributed by atoms with E-state index in [-0.39, 0.29) is 12.0 Å². The summed E-state index contributed by atoms with van der Waals surface area (Å²) >= 11 is 1.58. The molecule has 0 saturated heterocycles. The second kappa shape index (κ2) is 6.96. The second-order valence-electron chi connectivity index (χ2n) is 3.99. The molecule has 2 rings (SSSR count). The van der Waals surface area contributed by atoms with Crippen molar-refractivity contribution in [1.82, 2.24) is 19.9 Å². The number of thiazole rings is 1. The summed E-state index contributed by atoms with van der Waals surface area (Å²) in [5.41, 5.74) is 3.39. The van der Waals surface area contributed by atoms with Gasteiger partial charge in [-0.15, -0.1) is 11.3 Å². The lowest BCUT2D eigenvalue weighted by molar-refractivity contribution is 0.292. The van der Waals surface area contributed by atoms with E-state index in [0.29, 0.717) is 19.1 Å². The first-order chi connectivity index (χ1) is 9.71. The van der Waals surface area contributed by atoms with Crippen molar-refractivity contribution in [3.05, 3.63) is 16.1 Å². The molecule has 0 aliphatic heterocycles. The van der Waals surface area contributed by atoms with Crippen molar-refractivity contribution in [3.8, 4) is 6.01 Å². The first-order valence-electron chi connectivity index (χ1n) is 6.21. The first-order valence-corrected chi connectivity index (χ1v) is 7.09. The average Bonchev–Trinajstić information content (AvgIpc) is 2.88. The van der Waals surface area contributed by atoms with Crippen LogP contribution in [0.25, 0.3) is 0 Å². The van der Waals surface area contributed by atoms with Crippen LogP contribution in [0.2, 0.25) is 0 Å². The summed E-state index contributed by atoms with van der Waals surface area (Å²) in [6.45, 7) is 5.04. The summed E-state index contributed by atoms with van der Waals surface area (Å²) in [6, 6.07) is 0.243. The van der Waals surface area contributed by atoms with E-state index < -0.39 is 0 Å². The summed E-state index contributed by atoms with van der Waals surface area (Å²) in [5, 5.41) is 6.03. The number of aryl methyl sites for hydroxylation is 1. The van der Waals surface area contributed by atoms with Gasteiger partial charge in [-0.25, -0.2) is 10.8 Å². The molecule has 0 amide bonds. The van der Waals surface area contributed by atoms with Gasteiger partial charge in [0, 0.05) is 11.1 Å². The number of nitrogens with two attached hydrogens (primary N) is 1. The van der Waals surface area contributed by atoms with Crippen LogP contribution in [0.1, 0.15) is 24.0 Å². The van der Waals surface area contributed by atoms with Gasteiger partial charge in [-0.05, 0) is 13.3 Å². The fraction of sp³-hybridized carbons (Fsp3) is 0.455. The third-order valence-corrected chi connectivity index (χ3v) is 3.21. The van der Waals surface area contributed by atoms with Crippen molar-refractivity contribution in [2.24, 2.45) is 5.84 Å². The lowest BCUT2D eigenvalue weighted by atomic mass is 10.5. The Hall–Kier alpha value is -2.00. The van der Waals surface area contributed by atoms with Gasteiger partial charge >= 0.3 is 6.01 Å². The number of nitrogens with one attached hydrogen (secondary N) is 2. The van der Waals surface area contributed by atoms with Gasteiger partial charge in [-0.1, -0.05) is 6.92 Å². The van der Waals surface area contributed by atoms with Gasteiger partial charge < -0.3 is 10.1 Å². The van der Waals surface area contributed by atoms with Crippen molar-refractivity contribution in [2.75, 3.05) is 17.3 Å². The molecule has 2 heterocycles. The zero-order chi connectivity index (χ0) is 14.4. The highest BCUT2D eigenvalue weighted by Gasteiger charge is 2.07. The Bertz CT molecular complexity index is 559. The molecule has 0 atom stereocenters. The molecule has 9 heteroatoms.